The fourth-order valence-electron chi connectivity index (χ4n) is 1.17. The molecule has 0 bridgehead atoms. The van der Waals surface area contributed by atoms with E-state index in [4.69, 9.17) is 10.5 Å². The van der Waals surface area contributed by atoms with E-state index in [2.05, 4.69) is 0 Å². The first kappa shape index (κ1) is 13.4. The minimum atomic E-state index is -0.766. The Hall–Kier alpha value is -1.69. The average Bonchev–Trinajstić information content (AvgIpc) is 2.30. The third-order valence-electron chi connectivity index (χ3n) is 2.18. The normalized spacial score (nSPS) is 10.1. The summed E-state index contributed by atoms with van der Waals surface area (Å²) < 4.78 is 30.8. The Morgan fingerprint density at radius 3 is 2.76 bits per heavy atom. The van der Waals surface area contributed by atoms with Gasteiger partial charge in [0.05, 0.1) is 13.1 Å². The lowest BCUT2D eigenvalue weighted by atomic mass is 10.3. The Morgan fingerprint density at radius 2 is 2.18 bits per heavy atom. The second-order valence-electron chi connectivity index (χ2n) is 3.44. The molecule has 0 atom stereocenters. The van der Waals surface area contributed by atoms with Crippen LogP contribution >= 0.6 is 0 Å². The molecule has 0 aliphatic carbocycles. The zero-order valence-corrected chi connectivity index (χ0v) is 9.45. The zero-order chi connectivity index (χ0) is 12.8. The number of hydrogen-bond acceptors (Lipinski definition) is 3. The van der Waals surface area contributed by atoms with Gasteiger partial charge in [0, 0.05) is 13.1 Å². The van der Waals surface area contributed by atoms with E-state index in [0.29, 0.717) is 0 Å². The highest BCUT2D eigenvalue weighted by Gasteiger charge is 2.08. The van der Waals surface area contributed by atoms with Crippen LogP contribution in [0.15, 0.2) is 18.2 Å². The molecule has 0 heterocycles. The molecule has 0 radical (unpaired) electrons. The summed E-state index contributed by atoms with van der Waals surface area (Å²) in [4.78, 5) is 12.5. The van der Waals surface area contributed by atoms with Gasteiger partial charge in [0.15, 0.2) is 11.6 Å². The summed E-state index contributed by atoms with van der Waals surface area (Å²) in [6.07, 6.45) is 0. The van der Waals surface area contributed by atoms with Crippen LogP contribution in [0.4, 0.5) is 8.78 Å². The molecule has 1 aromatic rings. The number of carbonyl (C=O) groups is 1. The minimum absolute atomic E-state index is 0.0417. The van der Waals surface area contributed by atoms with Gasteiger partial charge in [0.2, 0.25) is 5.91 Å². The number of benzene rings is 1. The van der Waals surface area contributed by atoms with E-state index < -0.39 is 11.6 Å². The minimum Gasteiger partial charge on any atom is -0.489 e. The van der Waals surface area contributed by atoms with E-state index in [9.17, 15) is 13.6 Å². The molecule has 1 rings (SSSR count). The number of likely N-dealkylation sites (N-methyl/N-ethyl adjacent to an activating group) is 1. The highest BCUT2D eigenvalue weighted by atomic mass is 19.1. The van der Waals surface area contributed by atoms with Gasteiger partial charge in [-0.1, -0.05) is 0 Å². The van der Waals surface area contributed by atoms with Gasteiger partial charge in [0.1, 0.15) is 12.4 Å². The van der Waals surface area contributed by atoms with Crippen LogP contribution in [0.3, 0.4) is 0 Å². The van der Waals surface area contributed by atoms with Gasteiger partial charge >= 0.3 is 0 Å². The summed E-state index contributed by atoms with van der Waals surface area (Å²) in [5.41, 5.74) is 5.16. The fourth-order valence-corrected chi connectivity index (χ4v) is 1.17. The van der Waals surface area contributed by atoms with Crippen molar-refractivity contribution in [2.45, 2.75) is 0 Å². The zero-order valence-electron chi connectivity index (χ0n) is 9.45. The quantitative estimate of drug-likeness (QED) is 0.832. The molecule has 0 unspecified atom stereocenters. The Balaban J connectivity index is 2.43. The molecule has 0 aromatic heterocycles. The van der Waals surface area contributed by atoms with E-state index in [1.165, 1.54) is 11.0 Å². The Morgan fingerprint density at radius 1 is 1.47 bits per heavy atom. The van der Waals surface area contributed by atoms with Gasteiger partial charge in [-0.15, -0.1) is 0 Å². The van der Waals surface area contributed by atoms with Crippen LogP contribution in [0.25, 0.3) is 0 Å². The third kappa shape index (κ3) is 3.99. The van der Waals surface area contributed by atoms with Crippen LogP contribution in [-0.4, -0.2) is 37.6 Å². The Kier molecular flexibility index (Phi) is 4.84. The lowest BCUT2D eigenvalue weighted by Gasteiger charge is -2.16. The molecule has 94 valence electrons. The van der Waals surface area contributed by atoms with Crippen LogP contribution in [0.5, 0.6) is 5.75 Å². The Labute approximate surface area is 98.0 Å². The molecule has 1 amide bonds. The molecule has 6 heteroatoms. The van der Waals surface area contributed by atoms with E-state index in [1.807, 2.05) is 0 Å². The topological polar surface area (TPSA) is 55.6 Å². The number of amides is 1. The maximum absolute atomic E-state index is 13.1. The van der Waals surface area contributed by atoms with Crippen molar-refractivity contribution in [1.82, 2.24) is 4.90 Å². The number of ether oxygens (including phenoxy) is 1. The van der Waals surface area contributed by atoms with E-state index in [-0.39, 0.29) is 31.4 Å². The van der Waals surface area contributed by atoms with Gasteiger partial charge in [0.25, 0.3) is 0 Å². The summed E-state index contributed by atoms with van der Waals surface area (Å²) in [5.74, 6) is -1.70. The second-order valence-corrected chi connectivity index (χ2v) is 3.44. The SMILES string of the molecule is CN(CCOc1ccc(F)cc1F)C(=O)CN. The largest absolute Gasteiger partial charge is 0.489 e. The molecule has 0 aliphatic rings. The number of rotatable bonds is 5. The summed E-state index contributed by atoms with van der Waals surface area (Å²) in [7, 11) is 1.57. The number of nitrogens with two attached hydrogens (primary N) is 1. The van der Waals surface area contributed by atoms with Gasteiger partial charge in [-0.05, 0) is 12.1 Å². The van der Waals surface area contributed by atoms with Crippen molar-refractivity contribution < 1.29 is 18.3 Å². The molecule has 0 saturated heterocycles. The standard InChI is InChI=1S/C11H14F2N2O2/c1-15(11(16)7-14)4-5-17-10-3-2-8(12)6-9(10)13/h2-3,6H,4-5,7,14H2,1H3. The third-order valence-corrected chi connectivity index (χ3v) is 2.18. The van der Waals surface area contributed by atoms with E-state index in [0.717, 1.165) is 12.1 Å². The molecule has 0 spiro atoms. The monoisotopic (exact) mass is 244 g/mol. The molecule has 17 heavy (non-hydrogen) atoms. The number of nitrogens with zero attached hydrogens (tertiary/aromatic N) is 1. The molecule has 0 fully saturated rings. The van der Waals surface area contributed by atoms with Crippen molar-refractivity contribution >= 4 is 5.91 Å². The second kappa shape index (κ2) is 6.15. The fraction of sp³-hybridized carbons (Fsp3) is 0.364. The molecule has 4 nitrogen and oxygen atoms in total. The molecule has 1 aromatic carbocycles. The van der Waals surface area contributed by atoms with Crippen LogP contribution < -0.4 is 10.5 Å². The van der Waals surface area contributed by atoms with Crippen molar-refractivity contribution in [1.29, 1.82) is 0 Å². The van der Waals surface area contributed by atoms with Crippen molar-refractivity contribution in [2.75, 3.05) is 26.7 Å². The number of carbonyl (C=O) groups excluding carboxylic acids is 1. The number of halogens is 2. The van der Waals surface area contributed by atoms with Gasteiger partial charge < -0.3 is 15.4 Å². The molecule has 2 N–H and O–H groups in total. The predicted octanol–water partition coefficient (Wildman–Crippen LogP) is 0.761. The van der Waals surface area contributed by atoms with Gasteiger partial charge in [-0.2, -0.15) is 0 Å². The van der Waals surface area contributed by atoms with Gasteiger partial charge in [-0.25, -0.2) is 8.78 Å². The smallest absolute Gasteiger partial charge is 0.236 e. The first-order valence-corrected chi connectivity index (χ1v) is 5.06. The van der Waals surface area contributed by atoms with Crippen molar-refractivity contribution in [3.63, 3.8) is 0 Å². The van der Waals surface area contributed by atoms with E-state index >= 15 is 0 Å². The van der Waals surface area contributed by atoms with Crippen LogP contribution in [0.2, 0.25) is 0 Å². The number of hydrogen-bond donors (Lipinski definition) is 1. The van der Waals surface area contributed by atoms with Crippen molar-refractivity contribution in [3.05, 3.63) is 29.8 Å². The summed E-state index contributed by atoms with van der Waals surface area (Å²) in [5, 5.41) is 0. The van der Waals surface area contributed by atoms with E-state index in [1.54, 1.807) is 7.05 Å². The maximum Gasteiger partial charge on any atom is 0.236 e. The van der Waals surface area contributed by atoms with Crippen LogP contribution in [0, 0.1) is 11.6 Å². The molecular weight excluding hydrogens is 230 g/mol. The Bertz CT molecular complexity index is 399. The molecule has 0 aliphatic heterocycles. The van der Waals surface area contributed by atoms with Crippen molar-refractivity contribution in [3.8, 4) is 5.75 Å². The highest BCUT2D eigenvalue weighted by molar-refractivity contribution is 5.77. The highest BCUT2D eigenvalue weighted by Crippen LogP contribution is 2.17. The first-order chi connectivity index (χ1) is 8.04. The van der Waals surface area contributed by atoms with Gasteiger partial charge in [-0.3, -0.25) is 4.79 Å². The first-order valence-electron chi connectivity index (χ1n) is 5.06. The molecule has 0 saturated carbocycles. The summed E-state index contributed by atoms with van der Waals surface area (Å²) >= 11 is 0. The van der Waals surface area contributed by atoms with Crippen LogP contribution in [-0.2, 0) is 4.79 Å². The molecular formula is C11H14F2N2O2. The lowest BCUT2D eigenvalue weighted by Crippen LogP contribution is -2.35. The lowest BCUT2D eigenvalue weighted by molar-refractivity contribution is -0.128. The average molecular weight is 244 g/mol. The summed E-state index contributed by atoms with van der Waals surface area (Å²) in [6.45, 7) is 0.319. The predicted molar refractivity (Wildman–Crippen MR) is 58.5 cm³/mol. The maximum atomic E-state index is 13.1. The summed E-state index contributed by atoms with van der Waals surface area (Å²) in [6, 6.07) is 3.05. The van der Waals surface area contributed by atoms with Crippen molar-refractivity contribution in [2.24, 2.45) is 5.73 Å². The van der Waals surface area contributed by atoms with Crippen LogP contribution in [0.1, 0.15) is 0 Å².